The van der Waals surface area contributed by atoms with E-state index in [-0.39, 0.29) is 5.97 Å². The molecule has 0 rings (SSSR count). The summed E-state index contributed by atoms with van der Waals surface area (Å²) in [6, 6.07) is 0. The minimum atomic E-state index is -0.152. The first kappa shape index (κ1) is 11.4. The summed E-state index contributed by atoms with van der Waals surface area (Å²) in [6.45, 7) is 1.76. The van der Waals surface area contributed by atoms with E-state index in [0.29, 0.717) is 26.2 Å². The van der Waals surface area contributed by atoms with Crippen LogP contribution < -0.4 is 5.32 Å². The van der Waals surface area contributed by atoms with Crippen molar-refractivity contribution in [1.82, 2.24) is 5.32 Å². The molecule has 0 heterocycles. The van der Waals surface area contributed by atoms with E-state index in [1.54, 1.807) is 14.2 Å². The van der Waals surface area contributed by atoms with Crippen molar-refractivity contribution in [2.45, 2.75) is 12.8 Å². The number of hydrogen-bond acceptors (Lipinski definition) is 4. The third kappa shape index (κ3) is 7.50. The van der Waals surface area contributed by atoms with Crippen molar-refractivity contribution in [3.8, 4) is 0 Å². The highest BCUT2D eigenvalue weighted by atomic mass is 16.5. The van der Waals surface area contributed by atoms with Crippen molar-refractivity contribution >= 4 is 5.97 Å². The van der Waals surface area contributed by atoms with E-state index in [2.05, 4.69) is 5.32 Å². The molecule has 0 bridgehead atoms. The summed E-state index contributed by atoms with van der Waals surface area (Å²) in [5, 5.41) is 2.87. The van der Waals surface area contributed by atoms with E-state index < -0.39 is 0 Å². The fraction of sp³-hybridized carbons (Fsp3) is 0.875. The predicted octanol–water partition coefficient (Wildman–Crippen LogP) is 0.176. The molecule has 0 aromatic rings. The molecular weight excluding hydrogens is 158 g/mol. The van der Waals surface area contributed by atoms with Crippen molar-refractivity contribution in [3.63, 3.8) is 0 Å². The number of ether oxygens (including phenoxy) is 2. The maximum atomic E-state index is 10.9. The number of hydrogen-bond donors (Lipinski definition) is 1. The van der Waals surface area contributed by atoms with Crippen molar-refractivity contribution in [1.29, 1.82) is 0 Å². The van der Waals surface area contributed by atoms with Crippen LogP contribution in [0.2, 0.25) is 0 Å². The van der Waals surface area contributed by atoms with Crippen LogP contribution in [0.3, 0.4) is 0 Å². The number of rotatable bonds is 7. The molecular formula is C8H17NO3. The molecule has 72 valence electrons. The lowest BCUT2D eigenvalue weighted by Crippen LogP contribution is -2.15. The van der Waals surface area contributed by atoms with E-state index in [4.69, 9.17) is 9.47 Å². The number of carbonyl (C=O) groups excluding carboxylic acids is 1. The molecule has 4 nitrogen and oxygen atoms in total. The molecule has 0 atom stereocenters. The summed E-state index contributed by atoms with van der Waals surface area (Å²) < 4.78 is 9.69. The SMILES string of the molecule is CNCCC(=O)OCCCOC. The van der Waals surface area contributed by atoms with Gasteiger partial charge in [-0.25, -0.2) is 0 Å². The Morgan fingerprint density at radius 2 is 2.17 bits per heavy atom. The second-order valence-electron chi connectivity index (χ2n) is 2.42. The first-order chi connectivity index (χ1) is 5.81. The normalized spacial score (nSPS) is 9.83. The first-order valence-electron chi connectivity index (χ1n) is 4.10. The van der Waals surface area contributed by atoms with Gasteiger partial charge in [0.2, 0.25) is 0 Å². The Morgan fingerprint density at radius 1 is 1.42 bits per heavy atom. The van der Waals surface area contributed by atoms with Gasteiger partial charge in [0.05, 0.1) is 13.0 Å². The third-order valence-corrected chi connectivity index (χ3v) is 1.33. The summed E-state index contributed by atoms with van der Waals surface area (Å²) in [4.78, 5) is 10.9. The van der Waals surface area contributed by atoms with E-state index in [1.807, 2.05) is 0 Å². The average Bonchev–Trinajstić information content (AvgIpc) is 2.09. The number of esters is 1. The standard InChI is InChI=1S/C8H17NO3/c1-9-5-4-8(10)12-7-3-6-11-2/h9H,3-7H2,1-2H3. The Balaban J connectivity index is 3.08. The van der Waals surface area contributed by atoms with Gasteiger partial charge in [-0.2, -0.15) is 0 Å². The molecule has 0 fully saturated rings. The van der Waals surface area contributed by atoms with Gasteiger partial charge < -0.3 is 14.8 Å². The predicted molar refractivity (Wildman–Crippen MR) is 46.0 cm³/mol. The molecule has 0 saturated carbocycles. The molecule has 0 aromatic carbocycles. The molecule has 0 unspecified atom stereocenters. The lowest BCUT2D eigenvalue weighted by atomic mass is 10.4. The van der Waals surface area contributed by atoms with Crippen LogP contribution in [0.5, 0.6) is 0 Å². The van der Waals surface area contributed by atoms with E-state index in [0.717, 1.165) is 6.42 Å². The largest absolute Gasteiger partial charge is 0.466 e. The summed E-state index contributed by atoms with van der Waals surface area (Å²) in [7, 11) is 3.43. The van der Waals surface area contributed by atoms with Crippen molar-refractivity contribution in [2.75, 3.05) is 33.9 Å². The van der Waals surface area contributed by atoms with Gasteiger partial charge in [0.15, 0.2) is 0 Å². The van der Waals surface area contributed by atoms with Gasteiger partial charge in [-0.05, 0) is 7.05 Å². The molecule has 0 aromatic heterocycles. The maximum absolute atomic E-state index is 10.9. The van der Waals surface area contributed by atoms with Gasteiger partial charge in [-0.1, -0.05) is 0 Å². The van der Waals surface area contributed by atoms with Gasteiger partial charge in [0.1, 0.15) is 0 Å². The quantitative estimate of drug-likeness (QED) is 0.443. The number of nitrogens with one attached hydrogen (secondary N) is 1. The van der Waals surface area contributed by atoms with Gasteiger partial charge in [-0.3, -0.25) is 4.79 Å². The Bertz CT molecular complexity index is 117. The van der Waals surface area contributed by atoms with Crippen LogP contribution in [0, 0.1) is 0 Å². The second kappa shape index (κ2) is 8.49. The molecule has 0 aliphatic carbocycles. The van der Waals surface area contributed by atoms with Crippen LogP contribution >= 0.6 is 0 Å². The van der Waals surface area contributed by atoms with Gasteiger partial charge in [0, 0.05) is 26.7 Å². The minimum Gasteiger partial charge on any atom is -0.466 e. The fourth-order valence-corrected chi connectivity index (χ4v) is 0.688. The highest BCUT2D eigenvalue weighted by Crippen LogP contribution is 1.88. The highest BCUT2D eigenvalue weighted by Gasteiger charge is 1.99. The Kier molecular flexibility index (Phi) is 8.05. The van der Waals surface area contributed by atoms with Crippen molar-refractivity contribution < 1.29 is 14.3 Å². The van der Waals surface area contributed by atoms with E-state index >= 15 is 0 Å². The van der Waals surface area contributed by atoms with Crippen LogP contribution in [0.4, 0.5) is 0 Å². The monoisotopic (exact) mass is 175 g/mol. The zero-order valence-electron chi connectivity index (χ0n) is 7.76. The van der Waals surface area contributed by atoms with Crippen LogP contribution in [0.1, 0.15) is 12.8 Å². The van der Waals surface area contributed by atoms with E-state index in [1.165, 1.54) is 0 Å². The molecule has 0 saturated heterocycles. The molecule has 0 aliphatic rings. The Labute approximate surface area is 73.2 Å². The number of methoxy groups -OCH3 is 1. The first-order valence-corrected chi connectivity index (χ1v) is 4.10. The summed E-state index contributed by atoms with van der Waals surface area (Å²) in [6.07, 6.45) is 1.20. The zero-order valence-corrected chi connectivity index (χ0v) is 7.76. The molecule has 4 heteroatoms. The average molecular weight is 175 g/mol. The van der Waals surface area contributed by atoms with Crippen LogP contribution in [-0.4, -0.2) is 39.9 Å². The molecule has 1 N–H and O–H groups in total. The molecule has 12 heavy (non-hydrogen) atoms. The lowest BCUT2D eigenvalue weighted by molar-refractivity contribution is -0.143. The summed E-state index contributed by atoms with van der Waals surface area (Å²) in [5.74, 6) is -0.152. The molecule has 0 spiro atoms. The van der Waals surface area contributed by atoms with Crippen LogP contribution in [0.15, 0.2) is 0 Å². The van der Waals surface area contributed by atoms with E-state index in [9.17, 15) is 4.79 Å². The molecule has 0 radical (unpaired) electrons. The van der Waals surface area contributed by atoms with Crippen molar-refractivity contribution in [2.24, 2.45) is 0 Å². The van der Waals surface area contributed by atoms with Gasteiger partial charge >= 0.3 is 5.97 Å². The van der Waals surface area contributed by atoms with Crippen LogP contribution in [-0.2, 0) is 14.3 Å². The summed E-state index contributed by atoms with van der Waals surface area (Å²) in [5.41, 5.74) is 0. The van der Waals surface area contributed by atoms with Crippen molar-refractivity contribution in [3.05, 3.63) is 0 Å². The Hall–Kier alpha value is -0.610. The lowest BCUT2D eigenvalue weighted by Gasteiger charge is -2.03. The number of carbonyl (C=O) groups is 1. The van der Waals surface area contributed by atoms with Gasteiger partial charge in [0.25, 0.3) is 0 Å². The highest BCUT2D eigenvalue weighted by molar-refractivity contribution is 5.69. The van der Waals surface area contributed by atoms with Gasteiger partial charge in [-0.15, -0.1) is 0 Å². The zero-order chi connectivity index (χ0) is 9.23. The minimum absolute atomic E-state index is 0.152. The molecule has 0 aliphatic heterocycles. The smallest absolute Gasteiger partial charge is 0.307 e. The summed E-state index contributed by atoms with van der Waals surface area (Å²) >= 11 is 0. The van der Waals surface area contributed by atoms with Crippen LogP contribution in [0.25, 0.3) is 0 Å². The maximum Gasteiger partial charge on any atom is 0.307 e. The molecule has 0 amide bonds. The topological polar surface area (TPSA) is 47.6 Å². The third-order valence-electron chi connectivity index (χ3n) is 1.33. The Morgan fingerprint density at radius 3 is 2.75 bits per heavy atom. The second-order valence-corrected chi connectivity index (χ2v) is 2.42. The fourth-order valence-electron chi connectivity index (χ4n) is 0.688.